The van der Waals surface area contributed by atoms with Gasteiger partial charge in [0, 0.05) is 25.8 Å². The second kappa shape index (κ2) is 4.35. The van der Waals surface area contributed by atoms with Gasteiger partial charge < -0.3 is 0 Å². The van der Waals surface area contributed by atoms with Crippen LogP contribution in [0.2, 0.25) is 0 Å². The number of fused-ring (bicyclic) bond motifs is 1. The summed E-state index contributed by atoms with van der Waals surface area (Å²) in [5, 5.41) is 3.41. The molecule has 0 radical (unpaired) electrons. The maximum Gasteiger partial charge on any atom is 0.0488 e. The fraction of sp³-hybridized carbons (Fsp3) is 0.200. The molecule has 0 bridgehead atoms. The molecule has 2 aromatic rings. The van der Waals surface area contributed by atoms with Gasteiger partial charge in [-0.1, -0.05) is 0 Å². The molecule has 2 rings (SSSR count). The molecular formula is C10H9ClS3. The van der Waals surface area contributed by atoms with Gasteiger partial charge in [0.05, 0.1) is 0 Å². The molecule has 0 saturated heterocycles. The predicted molar refractivity (Wildman–Crippen MR) is 70.4 cm³/mol. The van der Waals surface area contributed by atoms with Gasteiger partial charge in [-0.3, -0.25) is 0 Å². The quantitative estimate of drug-likeness (QED) is 0.466. The maximum absolute atomic E-state index is 5.90. The highest BCUT2D eigenvalue weighted by atomic mass is 35.5. The van der Waals surface area contributed by atoms with E-state index < -0.39 is 0 Å². The molecular weight excluding hydrogens is 252 g/mol. The maximum atomic E-state index is 5.90. The summed E-state index contributed by atoms with van der Waals surface area (Å²) < 4.78 is 1.29. The number of halogens is 1. The third kappa shape index (κ3) is 1.67. The van der Waals surface area contributed by atoms with Gasteiger partial charge in [0.25, 0.3) is 0 Å². The average molecular weight is 261 g/mol. The predicted octanol–water partition coefficient (Wildman–Crippen LogP) is 4.65. The lowest BCUT2D eigenvalue weighted by molar-refractivity contribution is 1.30. The van der Waals surface area contributed by atoms with Crippen molar-refractivity contribution in [2.45, 2.75) is 15.7 Å². The van der Waals surface area contributed by atoms with Crippen LogP contribution in [0.5, 0.6) is 0 Å². The Balaban J connectivity index is 2.81. The van der Waals surface area contributed by atoms with Crippen LogP contribution < -0.4 is 0 Å². The van der Waals surface area contributed by atoms with Crippen molar-refractivity contribution >= 4 is 57.4 Å². The molecule has 0 atom stereocenters. The molecule has 14 heavy (non-hydrogen) atoms. The summed E-state index contributed by atoms with van der Waals surface area (Å²) in [7, 11) is 0. The molecule has 0 nitrogen and oxygen atoms in total. The van der Waals surface area contributed by atoms with Crippen molar-refractivity contribution in [1.82, 2.24) is 0 Å². The van der Waals surface area contributed by atoms with E-state index in [0.29, 0.717) is 5.88 Å². The summed E-state index contributed by atoms with van der Waals surface area (Å²) in [5.74, 6) is 0.574. The first kappa shape index (κ1) is 10.7. The Morgan fingerprint density at radius 2 is 2.29 bits per heavy atom. The van der Waals surface area contributed by atoms with E-state index in [4.69, 9.17) is 11.6 Å². The molecule has 0 aliphatic rings. The van der Waals surface area contributed by atoms with Gasteiger partial charge in [-0.2, -0.15) is 0 Å². The molecule has 0 saturated carbocycles. The van der Waals surface area contributed by atoms with Gasteiger partial charge in [0.1, 0.15) is 0 Å². The van der Waals surface area contributed by atoms with Gasteiger partial charge in [0.15, 0.2) is 0 Å². The Hall–Kier alpha value is 0.170. The lowest BCUT2D eigenvalue weighted by atomic mass is 10.2. The molecule has 0 amide bonds. The minimum atomic E-state index is 0.574. The highest BCUT2D eigenvalue weighted by Crippen LogP contribution is 2.38. The van der Waals surface area contributed by atoms with Crippen LogP contribution in [0, 0.1) is 0 Å². The molecule has 1 heterocycles. The SMILES string of the molecule is CSc1c(S)ccc2scc(CCl)c12. The van der Waals surface area contributed by atoms with Crippen LogP contribution in [-0.2, 0) is 5.88 Å². The molecule has 4 heteroatoms. The van der Waals surface area contributed by atoms with E-state index in [0.717, 1.165) is 4.90 Å². The van der Waals surface area contributed by atoms with Crippen LogP contribution in [0.3, 0.4) is 0 Å². The zero-order chi connectivity index (χ0) is 10.1. The van der Waals surface area contributed by atoms with Crippen LogP contribution in [-0.4, -0.2) is 6.26 Å². The molecule has 0 fully saturated rings. The lowest BCUT2D eigenvalue weighted by Gasteiger charge is -2.04. The van der Waals surface area contributed by atoms with Crippen molar-refractivity contribution in [3.05, 3.63) is 23.1 Å². The number of hydrogen-bond acceptors (Lipinski definition) is 3. The number of rotatable bonds is 2. The Labute approximate surface area is 102 Å². The molecule has 0 aliphatic heterocycles. The highest BCUT2D eigenvalue weighted by Gasteiger charge is 2.10. The van der Waals surface area contributed by atoms with Crippen LogP contribution >= 0.6 is 47.3 Å². The first-order valence-electron chi connectivity index (χ1n) is 4.10. The number of alkyl halides is 1. The first-order valence-corrected chi connectivity index (χ1v) is 7.18. The molecule has 0 aliphatic carbocycles. The average Bonchev–Trinajstić information content (AvgIpc) is 2.61. The van der Waals surface area contributed by atoms with Crippen molar-refractivity contribution in [2.24, 2.45) is 0 Å². The van der Waals surface area contributed by atoms with Crippen LogP contribution in [0.4, 0.5) is 0 Å². The molecule has 74 valence electrons. The summed E-state index contributed by atoms with van der Waals surface area (Å²) in [6.45, 7) is 0. The molecule has 0 N–H and O–H groups in total. The smallest absolute Gasteiger partial charge is 0.0488 e. The van der Waals surface area contributed by atoms with Gasteiger partial charge in [-0.25, -0.2) is 0 Å². The van der Waals surface area contributed by atoms with E-state index in [1.807, 2.05) is 6.07 Å². The minimum absolute atomic E-state index is 0.574. The third-order valence-electron chi connectivity index (χ3n) is 2.10. The van der Waals surface area contributed by atoms with Gasteiger partial charge in [-0.15, -0.1) is 47.3 Å². The Bertz CT molecular complexity index is 462. The van der Waals surface area contributed by atoms with Crippen molar-refractivity contribution in [3.63, 3.8) is 0 Å². The minimum Gasteiger partial charge on any atom is -0.143 e. The van der Waals surface area contributed by atoms with Crippen molar-refractivity contribution in [1.29, 1.82) is 0 Å². The Kier molecular flexibility index (Phi) is 3.32. The van der Waals surface area contributed by atoms with Crippen molar-refractivity contribution < 1.29 is 0 Å². The van der Waals surface area contributed by atoms with E-state index in [9.17, 15) is 0 Å². The Morgan fingerprint density at radius 1 is 1.50 bits per heavy atom. The number of thiol groups is 1. The summed E-state index contributed by atoms with van der Waals surface area (Å²) in [4.78, 5) is 2.28. The largest absolute Gasteiger partial charge is 0.143 e. The topological polar surface area (TPSA) is 0 Å². The van der Waals surface area contributed by atoms with Crippen LogP contribution in [0.1, 0.15) is 5.56 Å². The van der Waals surface area contributed by atoms with Gasteiger partial charge in [-0.05, 0) is 29.3 Å². The molecule has 0 unspecified atom stereocenters. The lowest BCUT2D eigenvalue weighted by Crippen LogP contribution is -1.80. The van der Waals surface area contributed by atoms with Crippen molar-refractivity contribution in [3.8, 4) is 0 Å². The number of thiophene rings is 1. The van der Waals surface area contributed by atoms with Crippen LogP contribution in [0.15, 0.2) is 27.3 Å². The van der Waals surface area contributed by atoms with Gasteiger partial charge in [0.2, 0.25) is 0 Å². The van der Waals surface area contributed by atoms with E-state index in [2.05, 4.69) is 30.3 Å². The van der Waals surface area contributed by atoms with E-state index in [1.54, 1.807) is 23.1 Å². The summed E-state index contributed by atoms with van der Waals surface area (Å²) in [6, 6.07) is 4.16. The number of benzene rings is 1. The summed E-state index contributed by atoms with van der Waals surface area (Å²) in [6.07, 6.45) is 2.07. The van der Waals surface area contributed by atoms with E-state index >= 15 is 0 Å². The molecule has 1 aromatic carbocycles. The van der Waals surface area contributed by atoms with Crippen LogP contribution in [0.25, 0.3) is 10.1 Å². The summed E-state index contributed by atoms with van der Waals surface area (Å²) in [5.41, 5.74) is 1.21. The van der Waals surface area contributed by atoms with Crippen molar-refractivity contribution in [2.75, 3.05) is 6.26 Å². The van der Waals surface area contributed by atoms with E-state index in [-0.39, 0.29) is 0 Å². The standard InChI is InChI=1S/C10H9ClS3/c1-13-10-7(12)2-3-8-9(10)6(4-11)5-14-8/h2-3,5,12H,4H2,1H3. The first-order chi connectivity index (χ1) is 6.77. The second-order valence-corrected chi connectivity index (χ2v) is 5.36. The zero-order valence-corrected chi connectivity index (χ0v) is 10.9. The monoisotopic (exact) mass is 260 g/mol. The normalized spacial score (nSPS) is 11.1. The fourth-order valence-electron chi connectivity index (χ4n) is 1.45. The molecule has 1 aromatic heterocycles. The Morgan fingerprint density at radius 3 is 2.93 bits per heavy atom. The van der Waals surface area contributed by atoms with E-state index in [1.165, 1.54) is 20.5 Å². The second-order valence-electron chi connectivity index (χ2n) is 2.89. The summed E-state index contributed by atoms with van der Waals surface area (Å²) >= 11 is 13.8. The zero-order valence-electron chi connectivity index (χ0n) is 7.58. The third-order valence-corrected chi connectivity index (χ3v) is 4.74. The number of hydrogen-bond donors (Lipinski definition) is 1. The molecule has 0 spiro atoms. The fourth-order valence-corrected chi connectivity index (χ4v) is 3.97. The highest BCUT2D eigenvalue weighted by molar-refractivity contribution is 7.99. The van der Waals surface area contributed by atoms with Gasteiger partial charge >= 0.3 is 0 Å². The number of thioether (sulfide) groups is 1.